The molecular formula is C16H18FN3O. The quantitative estimate of drug-likeness (QED) is 0.883. The number of hydrogen-bond donors (Lipinski definition) is 2. The molecule has 2 rings (SSSR count). The zero-order valence-electron chi connectivity index (χ0n) is 12.1. The van der Waals surface area contributed by atoms with Crippen LogP contribution in [0.2, 0.25) is 0 Å². The maximum absolute atomic E-state index is 13.3. The summed E-state index contributed by atoms with van der Waals surface area (Å²) in [4.78, 5) is 16.4. The van der Waals surface area contributed by atoms with Crippen LogP contribution >= 0.6 is 0 Å². The molecule has 1 amide bonds. The second kappa shape index (κ2) is 6.83. The van der Waals surface area contributed by atoms with Gasteiger partial charge in [-0.25, -0.2) is 4.39 Å². The Morgan fingerprint density at radius 1 is 1.29 bits per heavy atom. The molecule has 1 aromatic carbocycles. The van der Waals surface area contributed by atoms with Crippen LogP contribution in [0.25, 0.3) is 0 Å². The first-order valence-electron chi connectivity index (χ1n) is 6.87. The summed E-state index contributed by atoms with van der Waals surface area (Å²) in [6.45, 7) is 4.61. The van der Waals surface area contributed by atoms with Crippen molar-refractivity contribution < 1.29 is 9.18 Å². The van der Waals surface area contributed by atoms with Crippen molar-refractivity contribution in [2.75, 3.05) is 17.2 Å². The van der Waals surface area contributed by atoms with Crippen LogP contribution in [0.4, 0.5) is 15.8 Å². The molecule has 0 aliphatic rings. The summed E-state index contributed by atoms with van der Waals surface area (Å²) < 4.78 is 13.3. The normalized spacial score (nSPS) is 10.2. The van der Waals surface area contributed by atoms with Gasteiger partial charge in [-0.05, 0) is 37.1 Å². The largest absolute Gasteiger partial charge is 0.383 e. The summed E-state index contributed by atoms with van der Waals surface area (Å²) in [7, 11) is 0. The molecule has 5 heteroatoms. The number of anilines is 2. The second-order valence-electron chi connectivity index (χ2n) is 4.76. The smallest absolute Gasteiger partial charge is 0.257 e. The highest BCUT2D eigenvalue weighted by atomic mass is 19.1. The number of rotatable bonds is 5. The molecule has 2 aromatic rings. The van der Waals surface area contributed by atoms with Gasteiger partial charge in [-0.3, -0.25) is 9.78 Å². The van der Waals surface area contributed by atoms with Crippen LogP contribution < -0.4 is 10.6 Å². The molecule has 0 unspecified atom stereocenters. The summed E-state index contributed by atoms with van der Waals surface area (Å²) in [6, 6.07) is 5.95. The van der Waals surface area contributed by atoms with Crippen LogP contribution in [0.15, 0.2) is 36.7 Å². The fourth-order valence-electron chi connectivity index (χ4n) is 1.91. The van der Waals surface area contributed by atoms with Crippen molar-refractivity contribution in [3.8, 4) is 0 Å². The van der Waals surface area contributed by atoms with E-state index in [4.69, 9.17) is 0 Å². The minimum absolute atomic E-state index is 0.287. The van der Waals surface area contributed by atoms with Crippen LogP contribution in [0, 0.1) is 12.7 Å². The maximum Gasteiger partial charge on any atom is 0.257 e. The van der Waals surface area contributed by atoms with Crippen molar-refractivity contribution in [2.24, 2.45) is 0 Å². The van der Waals surface area contributed by atoms with Gasteiger partial charge in [0, 0.05) is 18.4 Å². The Morgan fingerprint density at radius 2 is 2.10 bits per heavy atom. The summed E-state index contributed by atoms with van der Waals surface area (Å²) >= 11 is 0. The molecule has 0 radical (unpaired) electrons. The number of pyridine rings is 1. The zero-order valence-corrected chi connectivity index (χ0v) is 12.1. The number of benzene rings is 1. The molecule has 0 bridgehead atoms. The van der Waals surface area contributed by atoms with Gasteiger partial charge in [0.25, 0.3) is 5.91 Å². The highest BCUT2D eigenvalue weighted by Crippen LogP contribution is 2.19. The molecule has 0 aliphatic heterocycles. The van der Waals surface area contributed by atoms with E-state index in [1.54, 1.807) is 24.5 Å². The molecule has 0 saturated heterocycles. The van der Waals surface area contributed by atoms with Gasteiger partial charge >= 0.3 is 0 Å². The lowest BCUT2D eigenvalue weighted by atomic mass is 10.1. The third-order valence-corrected chi connectivity index (χ3v) is 3.08. The fraction of sp³-hybridized carbons (Fsp3) is 0.250. The van der Waals surface area contributed by atoms with E-state index in [0.717, 1.165) is 18.5 Å². The molecule has 1 heterocycles. The minimum Gasteiger partial charge on any atom is -0.383 e. The molecule has 2 N–H and O–H groups in total. The number of aryl methyl sites for hydroxylation is 1. The number of nitrogens with zero attached hydrogens (tertiary/aromatic N) is 1. The monoisotopic (exact) mass is 287 g/mol. The lowest BCUT2D eigenvalue weighted by Crippen LogP contribution is -2.16. The first-order chi connectivity index (χ1) is 10.1. The van der Waals surface area contributed by atoms with Crippen molar-refractivity contribution in [1.82, 2.24) is 4.98 Å². The van der Waals surface area contributed by atoms with Crippen LogP contribution in [0.5, 0.6) is 0 Å². The number of hydrogen-bond acceptors (Lipinski definition) is 3. The molecule has 21 heavy (non-hydrogen) atoms. The Bertz CT molecular complexity index is 643. The lowest BCUT2D eigenvalue weighted by molar-refractivity contribution is 0.102. The molecule has 110 valence electrons. The van der Waals surface area contributed by atoms with Crippen molar-refractivity contribution in [2.45, 2.75) is 20.3 Å². The first-order valence-corrected chi connectivity index (χ1v) is 6.87. The number of amides is 1. The molecule has 0 aliphatic carbocycles. The van der Waals surface area contributed by atoms with Crippen molar-refractivity contribution in [3.05, 3.63) is 53.6 Å². The Balaban J connectivity index is 2.22. The fourth-order valence-corrected chi connectivity index (χ4v) is 1.91. The highest BCUT2D eigenvalue weighted by Gasteiger charge is 2.12. The molecule has 0 spiro atoms. The second-order valence-corrected chi connectivity index (χ2v) is 4.76. The Kier molecular flexibility index (Phi) is 4.87. The molecular weight excluding hydrogens is 269 g/mol. The minimum atomic E-state index is -0.380. The Hall–Kier alpha value is -2.43. The summed E-state index contributed by atoms with van der Waals surface area (Å²) in [5.74, 6) is -0.667. The van der Waals surface area contributed by atoms with Gasteiger partial charge in [0.1, 0.15) is 5.82 Å². The lowest BCUT2D eigenvalue weighted by Gasteiger charge is -2.12. The third-order valence-electron chi connectivity index (χ3n) is 3.08. The number of carbonyl (C=O) groups is 1. The predicted molar refractivity (Wildman–Crippen MR) is 82.1 cm³/mol. The average Bonchev–Trinajstić information content (AvgIpc) is 2.49. The SMILES string of the molecule is CCCNc1cnccc1C(=O)Nc1cc(F)ccc1C. The zero-order chi connectivity index (χ0) is 15.2. The van der Waals surface area contributed by atoms with E-state index in [0.29, 0.717) is 16.9 Å². The first kappa shape index (κ1) is 15.0. The van der Waals surface area contributed by atoms with Crippen LogP contribution in [0.3, 0.4) is 0 Å². The van der Waals surface area contributed by atoms with E-state index in [1.807, 2.05) is 13.8 Å². The van der Waals surface area contributed by atoms with E-state index in [1.165, 1.54) is 12.1 Å². The average molecular weight is 287 g/mol. The van der Waals surface area contributed by atoms with Crippen molar-refractivity contribution in [3.63, 3.8) is 0 Å². The predicted octanol–water partition coefficient (Wildman–Crippen LogP) is 3.60. The number of nitrogens with one attached hydrogen (secondary N) is 2. The summed E-state index contributed by atoms with van der Waals surface area (Å²) in [5, 5.41) is 5.90. The standard InChI is InChI=1S/C16H18FN3O/c1-3-7-19-15-10-18-8-6-13(15)16(21)20-14-9-12(17)5-4-11(14)2/h4-6,8-10,19H,3,7H2,1-2H3,(H,20,21). The van der Waals surface area contributed by atoms with E-state index in [-0.39, 0.29) is 11.7 Å². The van der Waals surface area contributed by atoms with E-state index in [2.05, 4.69) is 15.6 Å². The van der Waals surface area contributed by atoms with Gasteiger partial charge < -0.3 is 10.6 Å². The van der Waals surface area contributed by atoms with Gasteiger partial charge in [0.2, 0.25) is 0 Å². The van der Waals surface area contributed by atoms with Crippen LogP contribution in [0.1, 0.15) is 29.3 Å². The van der Waals surface area contributed by atoms with Gasteiger partial charge in [-0.2, -0.15) is 0 Å². The molecule has 4 nitrogen and oxygen atoms in total. The van der Waals surface area contributed by atoms with Gasteiger partial charge in [0.05, 0.1) is 17.4 Å². The van der Waals surface area contributed by atoms with E-state index >= 15 is 0 Å². The molecule has 0 saturated carbocycles. The highest BCUT2D eigenvalue weighted by molar-refractivity contribution is 6.08. The topological polar surface area (TPSA) is 54.0 Å². The number of halogens is 1. The van der Waals surface area contributed by atoms with E-state index < -0.39 is 0 Å². The molecule has 0 fully saturated rings. The van der Waals surface area contributed by atoms with Crippen LogP contribution in [-0.2, 0) is 0 Å². The molecule has 1 aromatic heterocycles. The summed E-state index contributed by atoms with van der Waals surface area (Å²) in [5.41, 5.74) is 2.44. The number of carbonyl (C=O) groups excluding carboxylic acids is 1. The third kappa shape index (κ3) is 3.78. The van der Waals surface area contributed by atoms with Crippen LogP contribution in [-0.4, -0.2) is 17.4 Å². The summed E-state index contributed by atoms with van der Waals surface area (Å²) in [6.07, 6.45) is 4.12. The van der Waals surface area contributed by atoms with E-state index in [9.17, 15) is 9.18 Å². The Labute approximate surface area is 123 Å². The maximum atomic E-state index is 13.3. The van der Waals surface area contributed by atoms with Gasteiger partial charge in [0.15, 0.2) is 0 Å². The van der Waals surface area contributed by atoms with Gasteiger partial charge in [-0.1, -0.05) is 13.0 Å². The number of aromatic nitrogens is 1. The van der Waals surface area contributed by atoms with Crippen molar-refractivity contribution >= 4 is 17.3 Å². The van der Waals surface area contributed by atoms with Gasteiger partial charge in [-0.15, -0.1) is 0 Å². The molecule has 0 atom stereocenters. The van der Waals surface area contributed by atoms with Crippen molar-refractivity contribution in [1.29, 1.82) is 0 Å². The Morgan fingerprint density at radius 3 is 2.86 bits per heavy atom.